The van der Waals surface area contributed by atoms with Gasteiger partial charge in [-0.15, -0.1) is 0 Å². The van der Waals surface area contributed by atoms with Crippen molar-refractivity contribution in [3.05, 3.63) is 24.3 Å². The molecule has 1 aliphatic rings. The Kier molecular flexibility index (Phi) is 5.04. The van der Waals surface area contributed by atoms with E-state index in [0.717, 1.165) is 0 Å². The summed E-state index contributed by atoms with van der Waals surface area (Å²) in [5.41, 5.74) is -1.05. The summed E-state index contributed by atoms with van der Waals surface area (Å²) in [7, 11) is -4.65. The van der Waals surface area contributed by atoms with Crippen LogP contribution in [-0.2, 0) is 14.6 Å². The van der Waals surface area contributed by atoms with Gasteiger partial charge in [0.05, 0.1) is 0 Å². The number of rotatable bonds is 2. The van der Waals surface area contributed by atoms with Crippen LogP contribution >= 0.6 is 0 Å². The minimum Gasteiger partial charge on any atom is -0.725 e. The molecule has 2 unspecified atom stereocenters. The van der Waals surface area contributed by atoms with E-state index in [4.69, 9.17) is 0 Å². The predicted octanol–water partition coefficient (Wildman–Crippen LogP) is -2.01. The van der Waals surface area contributed by atoms with Crippen molar-refractivity contribution in [3.63, 3.8) is 0 Å². The number of hydrogen-bond donors (Lipinski definition) is 0. The second-order valence-corrected chi connectivity index (χ2v) is 4.19. The van der Waals surface area contributed by atoms with E-state index >= 15 is 0 Å². The fourth-order valence-electron chi connectivity index (χ4n) is 1.14. The third-order valence-electron chi connectivity index (χ3n) is 2.12. The molecule has 0 radical (unpaired) electrons. The van der Waals surface area contributed by atoms with Crippen LogP contribution in [0.5, 0.6) is 0 Å². The first kappa shape index (κ1) is 14.3. The van der Waals surface area contributed by atoms with Gasteiger partial charge in [0.15, 0.2) is 0 Å². The van der Waals surface area contributed by atoms with E-state index in [9.17, 15) is 13.0 Å². The van der Waals surface area contributed by atoms with E-state index in [1.54, 1.807) is 38.2 Å². The van der Waals surface area contributed by atoms with Crippen LogP contribution in [0.4, 0.5) is 0 Å². The molecule has 0 heterocycles. The Hall–Kier alpha value is 0.350. The molecule has 1 rings (SSSR count). The number of allylic oxidation sites excluding steroid dienone is 2. The normalized spacial score (nSPS) is 31.2. The topological polar surface area (TPSA) is 66.4 Å². The van der Waals surface area contributed by atoms with E-state index in [2.05, 4.69) is 4.18 Å². The van der Waals surface area contributed by atoms with Crippen molar-refractivity contribution >= 4 is 10.4 Å². The average Bonchev–Trinajstić information content (AvgIpc) is 1.92. The largest absolute Gasteiger partial charge is 1.00 e. The molecule has 0 spiro atoms. The van der Waals surface area contributed by atoms with Gasteiger partial charge in [0.1, 0.15) is 5.60 Å². The predicted molar refractivity (Wildman–Crippen MR) is 46.6 cm³/mol. The molecule has 0 saturated carbocycles. The minimum atomic E-state index is -4.65. The Balaban J connectivity index is 0.00000169. The second-order valence-electron chi connectivity index (χ2n) is 3.21. The Morgan fingerprint density at radius 2 is 2.00 bits per heavy atom. The molecule has 4 nitrogen and oxygen atoms in total. The molecule has 0 aliphatic heterocycles. The van der Waals surface area contributed by atoms with Gasteiger partial charge in [0, 0.05) is 5.92 Å². The van der Waals surface area contributed by atoms with E-state index in [1.807, 2.05) is 0 Å². The van der Waals surface area contributed by atoms with Gasteiger partial charge >= 0.3 is 29.6 Å². The third kappa shape index (κ3) is 3.84. The van der Waals surface area contributed by atoms with Gasteiger partial charge in [-0.2, -0.15) is 0 Å². The SMILES string of the molecule is CC1C=CC=CC1(C)OS(=O)(=O)[O-].[Na+]. The van der Waals surface area contributed by atoms with Crippen LogP contribution in [0.1, 0.15) is 13.8 Å². The fraction of sp³-hybridized carbons (Fsp3) is 0.500. The monoisotopic (exact) mass is 226 g/mol. The Labute approximate surface area is 106 Å². The molecule has 1 aliphatic carbocycles. The third-order valence-corrected chi connectivity index (χ3v) is 2.69. The van der Waals surface area contributed by atoms with E-state index < -0.39 is 16.0 Å². The van der Waals surface area contributed by atoms with Crippen molar-refractivity contribution in [3.8, 4) is 0 Å². The van der Waals surface area contributed by atoms with Crippen LogP contribution in [0.15, 0.2) is 24.3 Å². The molecule has 0 bridgehead atoms. The summed E-state index contributed by atoms with van der Waals surface area (Å²) in [5.74, 6) is -0.138. The van der Waals surface area contributed by atoms with Crippen LogP contribution < -0.4 is 29.6 Å². The van der Waals surface area contributed by atoms with Crippen LogP contribution in [0.25, 0.3) is 0 Å². The molecule has 0 amide bonds. The van der Waals surface area contributed by atoms with Crippen molar-refractivity contribution in [2.24, 2.45) is 5.92 Å². The Morgan fingerprint density at radius 1 is 1.43 bits per heavy atom. The zero-order valence-corrected chi connectivity index (χ0v) is 11.2. The van der Waals surface area contributed by atoms with E-state index in [0.29, 0.717) is 0 Å². The minimum absolute atomic E-state index is 0. The van der Waals surface area contributed by atoms with Gasteiger partial charge in [0.25, 0.3) is 0 Å². The molecule has 2 atom stereocenters. The maximum absolute atomic E-state index is 10.4. The van der Waals surface area contributed by atoms with Crippen molar-refractivity contribution in [2.75, 3.05) is 0 Å². The van der Waals surface area contributed by atoms with E-state index in [1.165, 1.54) is 0 Å². The summed E-state index contributed by atoms with van der Waals surface area (Å²) >= 11 is 0. The summed E-state index contributed by atoms with van der Waals surface area (Å²) in [6.07, 6.45) is 6.79. The summed E-state index contributed by atoms with van der Waals surface area (Å²) in [5, 5.41) is 0. The smallest absolute Gasteiger partial charge is 0.725 e. The van der Waals surface area contributed by atoms with Gasteiger partial charge in [-0.1, -0.05) is 31.2 Å². The average molecular weight is 226 g/mol. The van der Waals surface area contributed by atoms with E-state index in [-0.39, 0.29) is 35.5 Å². The van der Waals surface area contributed by atoms with Crippen LogP contribution in [0.3, 0.4) is 0 Å². The summed E-state index contributed by atoms with van der Waals surface area (Å²) in [4.78, 5) is 0. The molecular formula is C8H11NaO4S. The standard InChI is InChI=1S/C8H12O4S.Na/c1-7-5-3-4-6-8(7,2)12-13(9,10)11;/h3-7H,1-2H3,(H,9,10,11);/q;+1/p-1. The summed E-state index contributed by atoms with van der Waals surface area (Å²) in [6.45, 7) is 3.35. The van der Waals surface area contributed by atoms with Gasteiger partial charge in [-0.3, -0.25) is 4.18 Å². The molecule has 74 valence electrons. The summed E-state index contributed by atoms with van der Waals surface area (Å²) in [6, 6.07) is 0. The maximum atomic E-state index is 10.4. The second kappa shape index (κ2) is 4.92. The molecule has 0 N–H and O–H groups in total. The van der Waals surface area contributed by atoms with Gasteiger partial charge < -0.3 is 4.55 Å². The van der Waals surface area contributed by atoms with Gasteiger partial charge in [-0.05, 0) is 6.92 Å². The molecule has 0 aromatic heterocycles. The van der Waals surface area contributed by atoms with Crippen LogP contribution in [0.2, 0.25) is 0 Å². The zero-order valence-electron chi connectivity index (χ0n) is 8.43. The Morgan fingerprint density at radius 3 is 2.43 bits per heavy atom. The van der Waals surface area contributed by atoms with Crippen molar-refractivity contribution < 1.29 is 46.7 Å². The van der Waals surface area contributed by atoms with Gasteiger partial charge in [0.2, 0.25) is 10.4 Å². The quantitative estimate of drug-likeness (QED) is 0.310. The molecule has 0 aromatic rings. The zero-order chi connectivity index (χ0) is 10.1. The molecule has 0 saturated heterocycles. The van der Waals surface area contributed by atoms with Gasteiger partial charge in [-0.25, -0.2) is 8.42 Å². The Bertz CT molecular complexity index is 346. The van der Waals surface area contributed by atoms with Crippen molar-refractivity contribution in [1.29, 1.82) is 0 Å². The molecule has 0 aromatic carbocycles. The first-order valence-electron chi connectivity index (χ1n) is 3.86. The van der Waals surface area contributed by atoms with Crippen LogP contribution in [0, 0.1) is 5.92 Å². The molecule has 0 fully saturated rings. The summed E-state index contributed by atoms with van der Waals surface area (Å²) < 4.78 is 35.7. The molecule has 6 heteroatoms. The molecular weight excluding hydrogens is 215 g/mol. The van der Waals surface area contributed by atoms with Crippen molar-refractivity contribution in [1.82, 2.24) is 0 Å². The first-order valence-corrected chi connectivity index (χ1v) is 5.19. The molecule has 14 heavy (non-hydrogen) atoms. The maximum Gasteiger partial charge on any atom is 1.00 e. The van der Waals surface area contributed by atoms with Crippen LogP contribution in [-0.4, -0.2) is 18.6 Å². The fourth-order valence-corrected chi connectivity index (χ4v) is 1.79. The first-order chi connectivity index (χ1) is 5.83. The van der Waals surface area contributed by atoms with Crippen molar-refractivity contribution in [2.45, 2.75) is 19.4 Å². The number of hydrogen-bond acceptors (Lipinski definition) is 4.